The van der Waals surface area contributed by atoms with E-state index in [4.69, 9.17) is 0 Å². The second-order valence-corrected chi connectivity index (χ2v) is 10.2. The average Bonchev–Trinajstić information content (AvgIpc) is 2.81. The molecule has 4 rings (SSSR count). The summed E-state index contributed by atoms with van der Waals surface area (Å²) in [4.78, 5) is 33.1. The van der Waals surface area contributed by atoms with E-state index in [1.165, 1.54) is 0 Å². The van der Waals surface area contributed by atoms with E-state index in [0.717, 1.165) is 36.5 Å². The Kier molecular flexibility index (Phi) is 6.58. The molecule has 0 bridgehead atoms. The number of nitrogens with zero attached hydrogens (tertiary/aromatic N) is 3. The fourth-order valence-corrected chi connectivity index (χ4v) is 4.86. The number of H-pyrrole nitrogens is 1. The molecule has 174 valence electrons. The van der Waals surface area contributed by atoms with Gasteiger partial charge in [-0.05, 0) is 54.9 Å². The highest BCUT2D eigenvalue weighted by Crippen LogP contribution is 2.40. The van der Waals surface area contributed by atoms with E-state index in [9.17, 15) is 9.59 Å². The van der Waals surface area contributed by atoms with Crippen LogP contribution in [0.15, 0.2) is 41.3 Å². The Morgan fingerprint density at radius 1 is 1.12 bits per heavy atom. The fourth-order valence-electron chi connectivity index (χ4n) is 4.86. The maximum atomic E-state index is 13.0. The van der Waals surface area contributed by atoms with Crippen LogP contribution in [0.5, 0.6) is 0 Å². The second kappa shape index (κ2) is 9.41. The molecule has 0 saturated heterocycles. The zero-order valence-electron chi connectivity index (χ0n) is 19.9. The van der Waals surface area contributed by atoms with Crippen molar-refractivity contribution in [1.82, 2.24) is 25.5 Å². The predicted molar refractivity (Wildman–Crippen MR) is 129 cm³/mol. The summed E-state index contributed by atoms with van der Waals surface area (Å²) < 4.78 is 0. The SMILES string of the molecule is CCC(NC(=O)[C@H]1CC[C@@H](C(C)(C)C)CC1)c1nnc(-c2nccc3ccccc23)[nH]c1=O. The van der Waals surface area contributed by atoms with Crippen LogP contribution in [0.3, 0.4) is 0 Å². The van der Waals surface area contributed by atoms with Crippen molar-refractivity contribution in [3.63, 3.8) is 0 Å². The summed E-state index contributed by atoms with van der Waals surface area (Å²) in [5, 5.41) is 13.5. The number of aromatic amines is 1. The van der Waals surface area contributed by atoms with Crippen molar-refractivity contribution in [3.05, 3.63) is 52.6 Å². The van der Waals surface area contributed by atoms with Gasteiger partial charge in [0.15, 0.2) is 11.5 Å². The van der Waals surface area contributed by atoms with Crippen LogP contribution in [0.1, 0.15) is 71.5 Å². The first-order valence-electron chi connectivity index (χ1n) is 11.9. The van der Waals surface area contributed by atoms with E-state index in [-0.39, 0.29) is 28.5 Å². The molecule has 33 heavy (non-hydrogen) atoms. The molecule has 1 aliphatic rings. The highest BCUT2D eigenvalue weighted by Gasteiger charge is 2.33. The lowest BCUT2D eigenvalue weighted by molar-refractivity contribution is -0.127. The molecular weight excluding hydrogens is 414 g/mol. The Balaban J connectivity index is 1.50. The molecule has 1 amide bonds. The Morgan fingerprint density at radius 3 is 2.52 bits per heavy atom. The molecule has 1 fully saturated rings. The zero-order chi connectivity index (χ0) is 23.6. The molecule has 1 aromatic carbocycles. The third-order valence-electron chi connectivity index (χ3n) is 7.00. The molecule has 1 atom stereocenters. The maximum absolute atomic E-state index is 13.0. The van der Waals surface area contributed by atoms with Gasteiger partial charge in [0, 0.05) is 17.5 Å². The topological polar surface area (TPSA) is 101 Å². The normalized spacial score (nSPS) is 19.9. The molecule has 2 heterocycles. The minimum atomic E-state index is -0.469. The summed E-state index contributed by atoms with van der Waals surface area (Å²) in [5.74, 6) is 0.966. The molecule has 0 aliphatic heterocycles. The minimum Gasteiger partial charge on any atom is -0.347 e. The lowest BCUT2D eigenvalue weighted by Gasteiger charge is -2.36. The average molecular weight is 448 g/mol. The van der Waals surface area contributed by atoms with E-state index < -0.39 is 6.04 Å². The van der Waals surface area contributed by atoms with Crippen LogP contribution in [0.4, 0.5) is 0 Å². The Labute approximate surface area is 194 Å². The Hall–Kier alpha value is -3.09. The fraction of sp³-hybridized carbons (Fsp3) is 0.500. The number of hydrogen-bond donors (Lipinski definition) is 2. The Morgan fingerprint density at radius 2 is 1.85 bits per heavy atom. The summed E-state index contributed by atoms with van der Waals surface area (Å²) in [6.45, 7) is 8.75. The molecule has 1 unspecified atom stereocenters. The summed E-state index contributed by atoms with van der Waals surface area (Å²) in [7, 11) is 0. The van der Waals surface area contributed by atoms with E-state index in [2.05, 4.69) is 46.3 Å². The van der Waals surface area contributed by atoms with Crippen LogP contribution < -0.4 is 10.9 Å². The summed E-state index contributed by atoms with van der Waals surface area (Å²) in [6.07, 6.45) is 6.15. The number of nitrogens with one attached hydrogen (secondary N) is 2. The van der Waals surface area contributed by atoms with Gasteiger partial charge in [0.05, 0.1) is 6.04 Å². The predicted octanol–water partition coefficient (Wildman–Crippen LogP) is 4.80. The quantitative estimate of drug-likeness (QED) is 0.585. The first-order valence-corrected chi connectivity index (χ1v) is 11.9. The van der Waals surface area contributed by atoms with E-state index >= 15 is 0 Å². The van der Waals surface area contributed by atoms with Crippen LogP contribution >= 0.6 is 0 Å². The molecular formula is C26H33N5O2. The van der Waals surface area contributed by atoms with Crippen LogP contribution in [-0.4, -0.2) is 26.1 Å². The zero-order valence-corrected chi connectivity index (χ0v) is 19.9. The third kappa shape index (κ3) is 4.97. The number of pyridine rings is 1. The number of carbonyl (C=O) groups is 1. The summed E-state index contributed by atoms with van der Waals surface area (Å²) in [6, 6.07) is 9.24. The summed E-state index contributed by atoms with van der Waals surface area (Å²) in [5.41, 5.74) is 0.741. The van der Waals surface area contributed by atoms with Crippen molar-refractivity contribution in [2.75, 3.05) is 0 Å². The number of fused-ring (bicyclic) bond motifs is 1. The number of aromatic nitrogens is 4. The van der Waals surface area contributed by atoms with Gasteiger partial charge in [0.1, 0.15) is 5.69 Å². The highest BCUT2D eigenvalue weighted by atomic mass is 16.2. The molecule has 7 nitrogen and oxygen atoms in total. The van der Waals surface area contributed by atoms with Crippen molar-refractivity contribution < 1.29 is 4.79 Å². The van der Waals surface area contributed by atoms with Gasteiger partial charge >= 0.3 is 0 Å². The van der Waals surface area contributed by atoms with Crippen molar-refractivity contribution in [2.24, 2.45) is 17.3 Å². The summed E-state index contributed by atoms with van der Waals surface area (Å²) >= 11 is 0. The van der Waals surface area contributed by atoms with Crippen molar-refractivity contribution in [2.45, 2.75) is 65.8 Å². The molecule has 7 heteroatoms. The molecule has 1 aliphatic carbocycles. The maximum Gasteiger partial charge on any atom is 0.275 e. The van der Waals surface area contributed by atoms with E-state index in [1.807, 2.05) is 37.3 Å². The van der Waals surface area contributed by atoms with E-state index in [0.29, 0.717) is 23.9 Å². The Bertz CT molecular complexity index is 1180. The van der Waals surface area contributed by atoms with Crippen LogP contribution in [0.2, 0.25) is 0 Å². The van der Waals surface area contributed by atoms with Gasteiger partial charge in [-0.15, -0.1) is 10.2 Å². The molecule has 3 aromatic rings. The van der Waals surface area contributed by atoms with Gasteiger partial charge < -0.3 is 10.3 Å². The number of amides is 1. The van der Waals surface area contributed by atoms with Gasteiger partial charge in [-0.3, -0.25) is 14.6 Å². The molecule has 2 aromatic heterocycles. The monoisotopic (exact) mass is 447 g/mol. The van der Waals surface area contributed by atoms with Gasteiger partial charge in [-0.2, -0.15) is 0 Å². The molecule has 0 radical (unpaired) electrons. The molecule has 0 spiro atoms. The number of benzene rings is 1. The van der Waals surface area contributed by atoms with Crippen molar-refractivity contribution >= 4 is 16.7 Å². The lowest BCUT2D eigenvalue weighted by Crippen LogP contribution is -2.39. The highest BCUT2D eigenvalue weighted by molar-refractivity contribution is 5.92. The van der Waals surface area contributed by atoms with Gasteiger partial charge in [0.25, 0.3) is 5.56 Å². The molecule has 2 N–H and O–H groups in total. The standard InChI is InChI=1S/C26H33N5O2/c1-5-20(28-24(32)17-10-12-18(13-11-17)26(2,3)4)22-25(33)29-23(31-30-22)21-19-9-7-6-8-16(19)14-15-27-21/h6-9,14-15,17-18,20H,5,10-13H2,1-4H3,(H,28,32)(H,29,31,33)/t17-,18+,20?. The lowest BCUT2D eigenvalue weighted by atomic mass is 9.69. The van der Waals surface area contributed by atoms with Crippen molar-refractivity contribution in [1.29, 1.82) is 0 Å². The largest absolute Gasteiger partial charge is 0.347 e. The smallest absolute Gasteiger partial charge is 0.275 e. The van der Waals surface area contributed by atoms with Gasteiger partial charge in [-0.25, -0.2) is 0 Å². The second-order valence-electron chi connectivity index (χ2n) is 10.2. The van der Waals surface area contributed by atoms with Crippen LogP contribution in [0.25, 0.3) is 22.3 Å². The minimum absolute atomic E-state index is 0.00945. The third-order valence-corrected chi connectivity index (χ3v) is 7.00. The van der Waals surface area contributed by atoms with Gasteiger partial charge in [-0.1, -0.05) is 52.0 Å². The van der Waals surface area contributed by atoms with E-state index in [1.54, 1.807) is 6.20 Å². The van der Waals surface area contributed by atoms with Crippen LogP contribution in [-0.2, 0) is 4.79 Å². The van der Waals surface area contributed by atoms with Crippen LogP contribution in [0, 0.1) is 17.3 Å². The first-order chi connectivity index (χ1) is 15.8. The first kappa shape index (κ1) is 23.1. The molecule has 1 saturated carbocycles. The van der Waals surface area contributed by atoms with Crippen molar-refractivity contribution in [3.8, 4) is 11.5 Å². The number of rotatable bonds is 5. The van der Waals surface area contributed by atoms with Gasteiger partial charge in [0.2, 0.25) is 5.91 Å². The number of hydrogen-bond acceptors (Lipinski definition) is 5. The number of carbonyl (C=O) groups excluding carboxylic acids is 1.